The van der Waals surface area contributed by atoms with Crippen LogP contribution in [0.25, 0.3) is 10.9 Å². The smallest absolute Gasteiger partial charge is 0.323 e. The van der Waals surface area contributed by atoms with Gasteiger partial charge in [-0.05, 0) is 12.1 Å². The number of halogens is 2. The Morgan fingerprint density at radius 2 is 2.00 bits per heavy atom. The van der Waals surface area contributed by atoms with Gasteiger partial charge in [0.05, 0.1) is 30.0 Å². The minimum Gasteiger partial charge on any atom is -0.384 e. The van der Waals surface area contributed by atoms with E-state index in [4.69, 9.17) is 17.3 Å². The predicted molar refractivity (Wildman–Crippen MR) is 114 cm³/mol. The number of alkyl halides is 1. The van der Waals surface area contributed by atoms with Crippen molar-refractivity contribution in [2.24, 2.45) is 5.73 Å². The molecule has 2 aliphatic rings. The van der Waals surface area contributed by atoms with Crippen LogP contribution in [0, 0.1) is 0 Å². The van der Waals surface area contributed by atoms with Crippen LogP contribution in [0.4, 0.5) is 19.7 Å². The number of anilines is 1. The van der Waals surface area contributed by atoms with Crippen LogP contribution in [0.15, 0.2) is 53.5 Å². The molecule has 4 amide bonds. The van der Waals surface area contributed by atoms with Crippen molar-refractivity contribution in [3.05, 3.63) is 53.5 Å². The number of rotatable bonds is 3. The van der Waals surface area contributed by atoms with Crippen molar-refractivity contribution in [3.63, 3.8) is 0 Å². The maximum Gasteiger partial charge on any atom is 0.323 e. The van der Waals surface area contributed by atoms with Crippen LogP contribution < -0.4 is 21.7 Å². The number of likely N-dealkylation sites (tertiary alicyclic amines) is 1. The first-order valence-corrected chi connectivity index (χ1v) is 9.93. The second kappa shape index (κ2) is 8.31. The first-order chi connectivity index (χ1) is 14.8. The molecule has 11 heteroatoms. The molecule has 31 heavy (non-hydrogen) atoms. The van der Waals surface area contributed by atoms with Crippen molar-refractivity contribution in [1.29, 1.82) is 0 Å². The fourth-order valence-electron chi connectivity index (χ4n) is 3.72. The van der Waals surface area contributed by atoms with Gasteiger partial charge >= 0.3 is 12.1 Å². The molecule has 162 valence electrons. The average molecular weight is 447 g/mol. The van der Waals surface area contributed by atoms with E-state index in [0.717, 1.165) is 4.90 Å². The van der Waals surface area contributed by atoms with Crippen molar-refractivity contribution in [2.75, 3.05) is 18.4 Å². The highest BCUT2D eigenvalue weighted by Gasteiger charge is 2.40. The van der Waals surface area contributed by atoms with Crippen molar-refractivity contribution in [3.8, 4) is 0 Å². The number of carbonyl (C=O) groups excluding carboxylic acids is 3. The molecule has 1 aromatic carbocycles. The van der Waals surface area contributed by atoms with Crippen molar-refractivity contribution in [1.82, 2.24) is 20.1 Å². The average Bonchev–Trinajstić information content (AvgIpc) is 3.29. The van der Waals surface area contributed by atoms with Crippen LogP contribution in [-0.2, 0) is 4.79 Å². The zero-order valence-electron chi connectivity index (χ0n) is 16.3. The highest BCUT2D eigenvalue weighted by atomic mass is 35.5. The molecule has 0 unspecified atom stereocenters. The largest absolute Gasteiger partial charge is 0.384 e. The molecule has 0 saturated carbocycles. The summed E-state index contributed by atoms with van der Waals surface area (Å²) in [5.41, 5.74) is 6.67. The predicted octanol–water partition coefficient (Wildman–Crippen LogP) is 2.20. The lowest BCUT2D eigenvalue weighted by molar-refractivity contribution is -0.123. The van der Waals surface area contributed by atoms with E-state index in [2.05, 4.69) is 16.0 Å². The van der Waals surface area contributed by atoms with Crippen molar-refractivity contribution < 1.29 is 18.8 Å². The number of nitrogens with one attached hydrogen (secondary N) is 3. The molecule has 1 aromatic heterocycles. The van der Waals surface area contributed by atoms with E-state index in [9.17, 15) is 18.8 Å². The van der Waals surface area contributed by atoms with E-state index in [1.54, 1.807) is 36.5 Å². The van der Waals surface area contributed by atoms with Gasteiger partial charge in [0.2, 0.25) is 5.91 Å². The molecule has 2 aromatic rings. The Kier molecular flexibility index (Phi) is 5.55. The van der Waals surface area contributed by atoms with Crippen LogP contribution in [-0.4, -0.2) is 52.7 Å². The number of dihydropyridines is 1. The van der Waals surface area contributed by atoms with Crippen LogP contribution in [0.3, 0.4) is 0 Å². The minimum atomic E-state index is -1.34. The lowest BCUT2D eigenvalue weighted by Crippen LogP contribution is -2.47. The molecule has 2 atom stereocenters. The number of aromatic nitrogens is 1. The monoisotopic (exact) mass is 446 g/mol. The van der Waals surface area contributed by atoms with Crippen LogP contribution in [0.5, 0.6) is 0 Å². The first-order valence-electron chi connectivity index (χ1n) is 9.55. The summed E-state index contributed by atoms with van der Waals surface area (Å²) in [6.45, 7) is 0.219. The maximum atomic E-state index is 14.2. The molecule has 9 nitrogen and oxygen atoms in total. The van der Waals surface area contributed by atoms with Crippen molar-refractivity contribution >= 4 is 46.2 Å². The number of para-hydroxylation sites is 1. The third-order valence-corrected chi connectivity index (χ3v) is 5.36. The summed E-state index contributed by atoms with van der Waals surface area (Å²) in [5.74, 6) is -0.523. The second-order valence-corrected chi connectivity index (χ2v) is 7.75. The number of benzene rings is 1. The fraction of sp³-hybridized carbons (Fsp3) is 0.250. The van der Waals surface area contributed by atoms with Crippen LogP contribution in [0.1, 0.15) is 6.42 Å². The van der Waals surface area contributed by atoms with E-state index in [0.29, 0.717) is 33.9 Å². The molecular weight excluding hydrogens is 427 g/mol. The number of carbonyl (C=O) groups is 3. The highest BCUT2D eigenvalue weighted by molar-refractivity contribution is 6.30. The van der Waals surface area contributed by atoms with Crippen LogP contribution >= 0.6 is 11.6 Å². The summed E-state index contributed by atoms with van der Waals surface area (Å²) in [7, 11) is 0. The topological polar surface area (TPSA) is 121 Å². The Morgan fingerprint density at radius 3 is 2.74 bits per heavy atom. The minimum absolute atomic E-state index is 0.125. The van der Waals surface area contributed by atoms with E-state index >= 15 is 0 Å². The number of hydrogen-bond donors (Lipinski definition) is 4. The van der Waals surface area contributed by atoms with Crippen molar-refractivity contribution in [2.45, 2.75) is 18.6 Å². The number of nitrogens with two attached hydrogens (primary N) is 1. The lowest BCUT2D eigenvalue weighted by Gasteiger charge is -2.24. The van der Waals surface area contributed by atoms with Crippen LogP contribution in [0.2, 0.25) is 0 Å². The van der Waals surface area contributed by atoms with E-state index in [-0.39, 0.29) is 13.0 Å². The van der Waals surface area contributed by atoms with Gasteiger partial charge in [-0.25, -0.2) is 14.0 Å². The Hall–Kier alpha value is -3.53. The molecule has 0 spiro atoms. The summed E-state index contributed by atoms with van der Waals surface area (Å²) in [5, 5.41) is 9.32. The Morgan fingerprint density at radius 1 is 1.23 bits per heavy atom. The maximum absolute atomic E-state index is 14.2. The van der Waals surface area contributed by atoms with Gasteiger partial charge in [-0.2, -0.15) is 0 Å². The number of primary amides is 1. The van der Waals surface area contributed by atoms with E-state index in [1.807, 2.05) is 0 Å². The number of urea groups is 1. The quantitative estimate of drug-likeness (QED) is 0.577. The molecule has 0 radical (unpaired) electrons. The third kappa shape index (κ3) is 4.19. The third-order valence-electron chi connectivity index (χ3n) is 5.11. The normalized spacial score (nSPS) is 20.6. The molecule has 5 N–H and O–H groups in total. The molecule has 1 saturated heterocycles. The number of hydrogen-bond acceptors (Lipinski definition) is 4. The zero-order valence-corrected chi connectivity index (χ0v) is 17.0. The Labute approximate surface area is 181 Å². The number of fused-ring (bicyclic) bond motifs is 1. The molecular formula is C20H20ClFN6O3. The summed E-state index contributed by atoms with van der Waals surface area (Å²) in [6.07, 6.45) is 3.09. The van der Waals surface area contributed by atoms with Gasteiger partial charge in [-0.15, -0.1) is 0 Å². The van der Waals surface area contributed by atoms with Gasteiger partial charge in [0.15, 0.2) is 0 Å². The molecule has 0 bridgehead atoms. The number of nitrogens with zero attached hydrogens (tertiary/aromatic N) is 2. The van der Waals surface area contributed by atoms with E-state index in [1.165, 1.54) is 10.8 Å². The van der Waals surface area contributed by atoms with E-state index < -0.39 is 30.2 Å². The molecule has 4 rings (SSSR count). The fourth-order valence-corrected chi connectivity index (χ4v) is 3.92. The molecule has 3 heterocycles. The lowest BCUT2D eigenvalue weighted by atomic mass is 10.2. The first kappa shape index (κ1) is 20.7. The zero-order chi connectivity index (χ0) is 22.1. The van der Waals surface area contributed by atoms with Gasteiger partial charge in [0.25, 0.3) is 0 Å². The molecule has 0 aliphatic carbocycles. The summed E-state index contributed by atoms with van der Waals surface area (Å²) >= 11 is 5.96. The number of amides is 4. The highest BCUT2D eigenvalue weighted by Crippen LogP contribution is 2.28. The van der Waals surface area contributed by atoms with Gasteiger partial charge in [-0.1, -0.05) is 29.8 Å². The SMILES string of the molecule is NC(=O)n1cc(NC(=O)N2C[C@H](F)C[C@H]2C(=O)NC2=CNCC(Cl)=C2)c2ccccc21. The molecule has 2 aliphatic heterocycles. The second-order valence-electron chi connectivity index (χ2n) is 7.26. The molecule has 1 fully saturated rings. The summed E-state index contributed by atoms with van der Waals surface area (Å²) in [6, 6.07) is 4.51. The Balaban J connectivity index is 1.53. The number of allylic oxidation sites excluding steroid dienone is 1. The van der Waals surface area contributed by atoms with Gasteiger partial charge in [0, 0.05) is 29.2 Å². The Bertz CT molecular complexity index is 1130. The summed E-state index contributed by atoms with van der Waals surface area (Å²) in [4.78, 5) is 38.5. The summed E-state index contributed by atoms with van der Waals surface area (Å²) < 4.78 is 15.4. The van der Waals surface area contributed by atoms with Gasteiger partial charge < -0.3 is 26.6 Å². The standard InChI is InChI=1S/C20H20ClFN6O3/c21-11-5-13(8-24-7-11)25-18(29)17-6-12(22)9-28(17)20(31)26-15-10-27(19(23)30)16-4-2-1-3-14(15)16/h1-5,8,10,12,17,24H,6-7,9H2,(H2,23,30)(H,25,29)(H,26,31)/t12-,17+/m1/s1. The van der Waals surface area contributed by atoms with Gasteiger partial charge in [0.1, 0.15) is 12.2 Å². The van der Waals surface area contributed by atoms with Gasteiger partial charge in [-0.3, -0.25) is 9.36 Å².